The van der Waals surface area contributed by atoms with E-state index in [-0.39, 0.29) is 5.78 Å². The molecule has 0 aromatic heterocycles. The molecule has 0 N–H and O–H groups in total. The third kappa shape index (κ3) is 1.31. The molecule has 0 atom stereocenters. The summed E-state index contributed by atoms with van der Waals surface area (Å²) >= 11 is 0. The Balaban J connectivity index is 2.66. The quantitative estimate of drug-likeness (QED) is 0.624. The zero-order valence-corrected chi connectivity index (χ0v) is 8.92. The van der Waals surface area contributed by atoms with Crippen molar-refractivity contribution in [1.29, 1.82) is 0 Å². The molecular formula is C12H15NO. The normalized spacial score (nSPS) is 15.6. The lowest BCUT2D eigenvalue weighted by Crippen LogP contribution is -2.29. The maximum atomic E-state index is 11.7. The van der Waals surface area contributed by atoms with E-state index in [2.05, 4.69) is 17.9 Å². The zero-order chi connectivity index (χ0) is 10.3. The molecule has 1 aliphatic heterocycles. The molecule has 2 nitrogen and oxygen atoms in total. The third-order valence-electron chi connectivity index (χ3n) is 2.80. The second kappa shape index (κ2) is 3.12. The van der Waals surface area contributed by atoms with Gasteiger partial charge < -0.3 is 4.90 Å². The summed E-state index contributed by atoms with van der Waals surface area (Å²) in [4.78, 5) is 13.9. The summed E-state index contributed by atoms with van der Waals surface area (Å²) in [7, 11) is 2.05. The van der Waals surface area contributed by atoms with Crippen LogP contribution in [0.4, 0.5) is 5.69 Å². The van der Waals surface area contributed by atoms with Crippen LogP contribution < -0.4 is 4.90 Å². The minimum atomic E-state index is 0.282. The minimum Gasteiger partial charge on any atom is -0.373 e. The number of carbonyl (C=O) groups excluding carboxylic acids is 1. The molecule has 0 saturated carbocycles. The fourth-order valence-electron chi connectivity index (χ4n) is 2.19. The molecule has 0 fully saturated rings. The Morgan fingerprint density at radius 2 is 2.00 bits per heavy atom. The second-order valence-corrected chi connectivity index (χ2v) is 4.07. The summed E-state index contributed by atoms with van der Waals surface area (Å²) in [5, 5.41) is 0. The van der Waals surface area contributed by atoms with Gasteiger partial charge >= 0.3 is 0 Å². The summed E-state index contributed by atoms with van der Waals surface area (Å²) in [5.41, 5.74) is 4.39. The van der Waals surface area contributed by atoms with Crippen LogP contribution in [0.3, 0.4) is 0 Å². The van der Waals surface area contributed by atoms with Crippen LogP contribution in [0, 0.1) is 13.8 Å². The van der Waals surface area contributed by atoms with Gasteiger partial charge in [-0.25, -0.2) is 0 Å². The minimum absolute atomic E-state index is 0.282. The average Bonchev–Trinajstić information content (AvgIpc) is 2.10. The van der Waals surface area contributed by atoms with Crippen molar-refractivity contribution in [3.63, 3.8) is 0 Å². The smallest absolute Gasteiger partial charge is 0.166 e. The number of rotatable bonds is 0. The highest BCUT2D eigenvalue weighted by Gasteiger charge is 2.22. The van der Waals surface area contributed by atoms with Crippen molar-refractivity contribution in [2.45, 2.75) is 20.3 Å². The van der Waals surface area contributed by atoms with Gasteiger partial charge in [-0.05, 0) is 31.0 Å². The number of nitrogens with zero attached hydrogens (tertiary/aromatic N) is 1. The third-order valence-corrected chi connectivity index (χ3v) is 2.80. The Bertz CT molecular complexity index is 396. The molecule has 0 aliphatic carbocycles. The number of hydrogen-bond acceptors (Lipinski definition) is 2. The summed E-state index contributed by atoms with van der Waals surface area (Å²) in [6.07, 6.45) is 0.645. The van der Waals surface area contributed by atoms with Crippen molar-refractivity contribution < 1.29 is 4.79 Å². The Hall–Kier alpha value is -1.31. The molecule has 0 bridgehead atoms. The largest absolute Gasteiger partial charge is 0.373 e. The van der Waals surface area contributed by atoms with E-state index in [0.29, 0.717) is 6.42 Å². The lowest BCUT2D eigenvalue weighted by molar-refractivity contribution is 0.0980. The molecule has 0 saturated heterocycles. The van der Waals surface area contributed by atoms with Gasteiger partial charge in [-0.15, -0.1) is 0 Å². The van der Waals surface area contributed by atoms with Crippen molar-refractivity contribution in [3.8, 4) is 0 Å². The van der Waals surface area contributed by atoms with E-state index in [4.69, 9.17) is 0 Å². The van der Waals surface area contributed by atoms with Gasteiger partial charge in [0, 0.05) is 25.6 Å². The van der Waals surface area contributed by atoms with E-state index in [0.717, 1.165) is 17.8 Å². The van der Waals surface area contributed by atoms with Crippen molar-refractivity contribution in [2.24, 2.45) is 0 Å². The van der Waals surface area contributed by atoms with Crippen molar-refractivity contribution >= 4 is 11.5 Å². The molecule has 1 heterocycles. The van der Waals surface area contributed by atoms with E-state index in [1.165, 1.54) is 11.1 Å². The number of hydrogen-bond donors (Lipinski definition) is 0. The predicted molar refractivity (Wildman–Crippen MR) is 58.1 cm³/mol. The van der Waals surface area contributed by atoms with Gasteiger partial charge in [-0.3, -0.25) is 4.79 Å². The number of benzene rings is 1. The first-order chi connectivity index (χ1) is 6.59. The van der Waals surface area contributed by atoms with E-state index in [1.54, 1.807) is 0 Å². The maximum absolute atomic E-state index is 11.7. The number of carbonyl (C=O) groups is 1. The van der Waals surface area contributed by atoms with Crippen LogP contribution in [0.2, 0.25) is 0 Å². The molecular weight excluding hydrogens is 174 g/mol. The van der Waals surface area contributed by atoms with E-state index >= 15 is 0 Å². The van der Waals surface area contributed by atoms with Gasteiger partial charge in [-0.2, -0.15) is 0 Å². The van der Waals surface area contributed by atoms with Gasteiger partial charge in [-0.1, -0.05) is 6.07 Å². The predicted octanol–water partition coefficient (Wildman–Crippen LogP) is 2.33. The summed E-state index contributed by atoms with van der Waals surface area (Å²) in [6.45, 7) is 4.95. The molecule has 74 valence electrons. The molecule has 1 aliphatic rings. The van der Waals surface area contributed by atoms with Crippen LogP contribution in [-0.4, -0.2) is 19.4 Å². The Labute approximate surface area is 84.5 Å². The number of anilines is 1. The molecule has 0 spiro atoms. The van der Waals surface area contributed by atoms with Crippen LogP contribution >= 0.6 is 0 Å². The number of aryl methyl sites for hydroxylation is 2. The summed E-state index contributed by atoms with van der Waals surface area (Å²) < 4.78 is 0. The van der Waals surface area contributed by atoms with Gasteiger partial charge in [0.25, 0.3) is 0 Å². The molecule has 0 unspecified atom stereocenters. The SMILES string of the molecule is Cc1cc(C)c2c(c1)C(=O)CCN2C. The Morgan fingerprint density at radius 3 is 2.71 bits per heavy atom. The topological polar surface area (TPSA) is 20.3 Å². The summed E-state index contributed by atoms with van der Waals surface area (Å²) in [5.74, 6) is 0.282. The van der Waals surface area contributed by atoms with Crippen LogP contribution in [0.5, 0.6) is 0 Å². The molecule has 14 heavy (non-hydrogen) atoms. The van der Waals surface area contributed by atoms with Crippen LogP contribution in [0.25, 0.3) is 0 Å². The highest BCUT2D eigenvalue weighted by molar-refractivity contribution is 6.04. The molecule has 2 rings (SSSR count). The highest BCUT2D eigenvalue weighted by Crippen LogP contribution is 2.30. The first-order valence-electron chi connectivity index (χ1n) is 4.95. The molecule has 0 radical (unpaired) electrons. The summed E-state index contributed by atoms with van der Waals surface area (Å²) in [6, 6.07) is 4.13. The average molecular weight is 189 g/mol. The lowest BCUT2D eigenvalue weighted by atomic mass is 9.95. The molecule has 2 heteroatoms. The maximum Gasteiger partial charge on any atom is 0.166 e. The lowest BCUT2D eigenvalue weighted by Gasteiger charge is -2.28. The number of fused-ring (bicyclic) bond motifs is 1. The van der Waals surface area contributed by atoms with Crippen molar-refractivity contribution in [1.82, 2.24) is 0 Å². The Kier molecular flexibility index (Phi) is 2.06. The van der Waals surface area contributed by atoms with Crippen LogP contribution in [0.1, 0.15) is 27.9 Å². The fraction of sp³-hybridized carbons (Fsp3) is 0.417. The van der Waals surface area contributed by atoms with E-state index < -0.39 is 0 Å². The van der Waals surface area contributed by atoms with Crippen molar-refractivity contribution in [3.05, 3.63) is 28.8 Å². The second-order valence-electron chi connectivity index (χ2n) is 4.07. The molecule has 1 aromatic carbocycles. The van der Waals surface area contributed by atoms with Gasteiger partial charge in [0.2, 0.25) is 0 Å². The first-order valence-corrected chi connectivity index (χ1v) is 4.95. The number of ketones is 1. The molecule has 0 amide bonds. The Morgan fingerprint density at radius 1 is 1.29 bits per heavy atom. The first kappa shape index (κ1) is 9.25. The monoisotopic (exact) mass is 189 g/mol. The van der Waals surface area contributed by atoms with Crippen molar-refractivity contribution in [2.75, 3.05) is 18.5 Å². The number of Topliss-reactive ketones (excluding diaryl/α,β-unsaturated/α-hetero) is 1. The van der Waals surface area contributed by atoms with Gasteiger partial charge in [0.05, 0.1) is 5.69 Å². The van der Waals surface area contributed by atoms with Gasteiger partial charge in [0.15, 0.2) is 5.78 Å². The highest BCUT2D eigenvalue weighted by atomic mass is 16.1. The van der Waals surface area contributed by atoms with Crippen LogP contribution in [0.15, 0.2) is 12.1 Å². The fourth-order valence-corrected chi connectivity index (χ4v) is 2.19. The van der Waals surface area contributed by atoms with E-state index in [1.807, 2.05) is 20.0 Å². The zero-order valence-electron chi connectivity index (χ0n) is 8.92. The van der Waals surface area contributed by atoms with Gasteiger partial charge in [0.1, 0.15) is 0 Å². The molecule has 1 aromatic rings. The standard InChI is InChI=1S/C12H15NO/c1-8-6-9(2)12-10(7-8)11(14)4-5-13(12)3/h6-7H,4-5H2,1-3H3. The van der Waals surface area contributed by atoms with Crippen LogP contribution in [-0.2, 0) is 0 Å². The van der Waals surface area contributed by atoms with E-state index in [9.17, 15) is 4.79 Å².